The molecule has 0 fully saturated rings. The van der Waals surface area contributed by atoms with Crippen LogP contribution in [0.2, 0.25) is 5.02 Å². The van der Waals surface area contributed by atoms with Crippen molar-refractivity contribution < 1.29 is 18.3 Å². The van der Waals surface area contributed by atoms with E-state index in [2.05, 4.69) is 0 Å². The first-order chi connectivity index (χ1) is 9.61. The summed E-state index contributed by atoms with van der Waals surface area (Å²) < 4.78 is 24.5. The number of hydrogen-bond donors (Lipinski definition) is 1. The zero-order valence-corrected chi connectivity index (χ0v) is 13.9. The fourth-order valence-electron chi connectivity index (χ4n) is 1.96. The van der Waals surface area contributed by atoms with Gasteiger partial charge in [-0.3, -0.25) is 9.69 Å². The molecule has 21 heavy (non-hydrogen) atoms. The Morgan fingerprint density at radius 1 is 1.29 bits per heavy atom. The largest absolute Gasteiger partial charge is 0.480 e. The van der Waals surface area contributed by atoms with Gasteiger partial charge in [0.25, 0.3) is 0 Å². The second-order valence-corrected chi connectivity index (χ2v) is 7.76. The summed E-state index contributed by atoms with van der Waals surface area (Å²) in [4.78, 5) is 13.1. The van der Waals surface area contributed by atoms with Crippen LogP contribution in [0, 0.1) is 0 Å². The van der Waals surface area contributed by atoms with Gasteiger partial charge < -0.3 is 5.11 Å². The van der Waals surface area contributed by atoms with Crippen LogP contribution in [0.4, 0.5) is 0 Å². The van der Waals surface area contributed by atoms with Gasteiger partial charge in [0.15, 0.2) is 9.84 Å². The second-order valence-electron chi connectivity index (χ2n) is 5.22. The van der Waals surface area contributed by atoms with E-state index in [9.17, 15) is 18.3 Å². The van der Waals surface area contributed by atoms with Crippen LogP contribution in [-0.4, -0.2) is 48.8 Å². The maximum Gasteiger partial charge on any atom is 0.323 e. The minimum absolute atomic E-state index is 0.140. The van der Waals surface area contributed by atoms with Crippen molar-refractivity contribution in [3.63, 3.8) is 0 Å². The Labute approximate surface area is 130 Å². The lowest BCUT2D eigenvalue weighted by atomic mass is 10.0. The lowest BCUT2D eigenvalue weighted by Crippen LogP contribution is -2.51. The van der Waals surface area contributed by atoms with Gasteiger partial charge in [0, 0.05) is 11.6 Å². The molecule has 1 rings (SSSR count). The van der Waals surface area contributed by atoms with E-state index in [-0.39, 0.29) is 17.2 Å². The van der Waals surface area contributed by atoms with Gasteiger partial charge in [-0.2, -0.15) is 0 Å². The van der Waals surface area contributed by atoms with Crippen molar-refractivity contribution in [1.29, 1.82) is 0 Å². The summed E-state index contributed by atoms with van der Waals surface area (Å²) in [5.74, 6) is -1.12. The Hall–Kier alpha value is -1.11. The van der Waals surface area contributed by atoms with Gasteiger partial charge >= 0.3 is 5.97 Å². The van der Waals surface area contributed by atoms with E-state index in [0.717, 1.165) is 0 Å². The molecule has 0 saturated heterocycles. The van der Waals surface area contributed by atoms with Gasteiger partial charge in [-0.15, -0.1) is 0 Å². The van der Waals surface area contributed by atoms with E-state index >= 15 is 0 Å². The smallest absolute Gasteiger partial charge is 0.323 e. The number of aliphatic carboxylic acids is 1. The Kier molecular flexibility index (Phi) is 5.78. The molecule has 0 aliphatic heterocycles. The Morgan fingerprint density at radius 2 is 1.81 bits per heavy atom. The summed E-state index contributed by atoms with van der Waals surface area (Å²) in [6, 6.07) is 5.95. The quantitative estimate of drug-likeness (QED) is 0.828. The molecule has 1 aromatic carbocycles. The number of halogens is 1. The molecule has 0 unspecified atom stereocenters. The van der Waals surface area contributed by atoms with Crippen LogP contribution < -0.4 is 0 Å². The number of sulfone groups is 1. The predicted octanol–water partition coefficient (Wildman–Crippen LogP) is 2.30. The van der Waals surface area contributed by atoms with Crippen molar-refractivity contribution in [2.24, 2.45) is 0 Å². The Balaban J connectivity index is 2.85. The molecular weight excluding hydrogens is 314 g/mol. The van der Waals surface area contributed by atoms with Crippen LogP contribution in [0.1, 0.15) is 20.8 Å². The van der Waals surface area contributed by atoms with Crippen molar-refractivity contribution in [1.82, 2.24) is 4.90 Å². The number of carboxylic acids is 1. The van der Waals surface area contributed by atoms with Crippen LogP contribution in [0.25, 0.3) is 0 Å². The normalized spacial score (nSPS) is 12.6. The SMILES string of the molecule is CCN(CCS(=O)(=O)c1ccc(Cl)cc1)C(C)(C)C(=O)O. The van der Waals surface area contributed by atoms with E-state index in [1.54, 1.807) is 25.7 Å². The summed E-state index contributed by atoms with van der Waals surface area (Å²) in [5, 5.41) is 9.68. The van der Waals surface area contributed by atoms with E-state index < -0.39 is 21.3 Å². The maximum absolute atomic E-state index is 12.2. The first-order valence-electron chi connectivity index (χ1n) is 6.58. The highest BCUT2D eigenvalue weighted by Gasteiger charge is 2.34. The molecule has 0 amide bonds. The number of likely N-dealkylation sites (N-methyl/N-ethyl adjacent to an activating group) is 1. The second kappa shape index (κ2) is 6.77. The molecule has 0 aliphatic rings. The molecule has 0 aromatic heterocycles. The molecule has 118 valence electrons. The number of carbonyl (C=O) groups is 1. The zero-order valence-electron chi connectivity index (χ0n) is 12.3. The van der Waals surface area contributed by atoms with Crippen molar-refractivity contribution in [2.45, 2.75) is 31.2 Å². The number of hydrogen-bond acceptors (Lipinski definition) is 4. The lowest BCUT2D eigenvalue weighted by molar-refractivity contribution is -0.149. The molecule has 0 aliphatic carbocycles. The number of rotatable bonds is 7. The fourth-order valence-corrected chi connectivity index (χ4v) is 3.33. The molecule has 0 heterocycles. The monoisotopic (exact) mass is 333 g/mol. The van der Waals surface area contributed by atoms with Gasteiger partial charge in [0.1, 0.15) is 5.54 Å². The molecule has 7 heteroatoms. The third kappa shape index (κ3) is 4.43. The van der Waals surface area contributed by atoms with Gasteiger partial charge in [-0.1, -0.05) is 18.5 Å². The highest BCUT2D eigenvalue weighted by atomic mass is 35.5. The number of benzene rings is 1. The standard InChI is InChI=1S/C14H20ClNO4S/c1-4-16(14(2,3)13(17)18)9-10-21(19,20)12-7-5-11(15)6-8-12/h5-8H,4,9-10H2,1-3H3,(H,17,18). The first kappa shape index (κ1) is 17.9. The average Bonchev–Trinajstić information content (AvgIpc) is 2.39. The molecule has 0 radical (unpaired) electrons. The van der Waals surface area contributed by atoms with Crippen LogP contribution in [-0.2, 0) is 14.6 Å². The van der Waals surface area contributed by atoms with Gasteiger partial charge in [0.2, 0.25) is 0 Å². The fraction of sp³-hybridized carbons (Fsp3) is 0.500. The molecule has 0 atom stereocenters. The maximum atomic E-state index is 12.2. The molecule has 0 bridgehead atoms. The Bertz CT molecular complexity index is 596. The van der Waals surface area contributed by atoms with Crippen molar-refractivity contribution in [2.75, 3.05) is 18.8 Å². The van der Waals surface area contributed by atoms with Gasteiger partial charge in [-0.05, 0) is 44.7 Å². The topological polar surface area (TPSA) is 74.7 Å². The Morgan fingerprint density at radius 3 is 2.24 bits per heavy atom. The molecule has 0 saturated carbocycles. The first-order valence-corrected chi connectivity index (χ1v) is 8.61. The minimum Gasteiger partial charge on any atom is -0.480 e. The highest BCUT2D eigenvalue weighted by molar-refractivity contribution is 7.91. The highest BCUT2D eigenvalue weighted by Crippen LogP contribution is 2.18. The van der Waals surface area contributed by atoms with Gasteiger partial charge in [-0.25, -0.2) is 8.42 Å². The molecule has 5 nitrogen and oxygen atoms in total. The summed E-state index contributed by atoms with van der Waals surface area (Å²) in [6.45, 7) is 5.54. The zero-order chi connectivity index (χ0) is 16.3. The van der Waals surface area contributed by atoms with Gasteiger partial charge in [0.05, 0.1) is 10.6 Å². The lowest BCUT2D eigenvalue weighted by Gasteiger charge is -2.33. The summed E-state index contributed by atoms with van der Waals surface area (Å²) in [5.41, 5.74) is -1.11. The summed E-state index contributed by atoms with van der Waals surface area (Å²) >= 11 is 5.74. The molecule has 1 aromatic rings. The molecule has 0 spiro atoms. The van der Waals surface area contributed by atoms with Crippen molar-refractivity contribution in [3.05, 3.63) is 29.3 Å². The third-order valence-corrected chi connectivity index (χ3v) is 5.46. The van der Waals surface area contributed by atoms with Crippen molar-refractivity contribution >= 4 is 27.4 Å². The molecule has 1 N–H and O–H groups in total. The van der Waals surface area contributed by atoms with Crippen molar-refractivity contribution in [3.8, 4) is 0 Å². The summed E-state index contributed by atoms with van der Waals surface area (Å²) in [6.07, 6.45) is 0. The van der Waals surface area contributed by atoms with Crippen LogP contribution in [0.15, 0.2) is 29.2 Å². The summed E-state index contributed by atoms with van der Waals surface area (Å²) in [7, 11) is -3.46. The van der Waals surface area contributed by atoms with E-state index in [0.29, 0.717) is 11.6 Å². The third-order valence-electron chi connectivity index (χ3n) is 3.50. The van der Waals surface area contributed by atoms with E-state index in [4.69, 9.17) is 11.6 Å². The average molecular weight is 334 g/mol. The van der Waals surface area contributed by atoms with Crippen LogP contribution in [0.5, 0.6) is 0 Å². The van der Waals surface area contributed by atoms with Crippen LogP contribution >= 0.6 is 11.6 Å². The number of carboxylic acid groups (broad SMARTS) is 1. The molecular formula is C14H20ClNO4S. The minimum atomic E-state index is -3.46. The number of nitrogens with zero attached hydrogens (tertiary/aromatic N) is 1. The van der Waals surface area contributed by atoms with Crippen LogP contribution in [0.3, 0.4) is 0 Å². The predicted molar refractivity (Wildman–Crippen MR) is 82.5 cm³/mol. The van der Waals surface area contributed by atoms with E-state index in [1.165, 1.54) is 24.3 Å². The van der Waals surface area contributed by atoms with E-state index in [1.807, 2.05) is 0 Å².